The monoisotopic (exact) mass is 248 g/mol. The number of benzene rings is 1. The summed E-state index contributed by atoms with van der Waals surface area (Å²) in [5, 5.41) is 0.200. The van der Waals surface area contributed by atoms with Gasteiger partial charge in [0.15, 0.2) is 0 Å². The van der Waals surface area contributed by atoms with Crippen LogP contribution < -0.4 is 4.43 Å². The van der Waals surface area contributed by atoms with Gasteiger partial charge >= 0.3 is 0 Å². The molecule has 0 radical (unpaired) electrons. The molecule has 92 valence electrons. The summed E-state index contributed by atoms with van der Waals surface area (Å²) in [6.07, 6.45) is 1.71. The molecule has 0 aliphatic rings. The quantitative estimate of drug-likeness (QED) is 0.817. The van der Waals surface area contributed by atoms with Crippen LogP contribution in [0, 0.1) is 0 Å². The molecule has 1 heterocycles. The van der Waals surface area contributed by atoms with Gasteiger partial charge in [-0.3, -0.25) is 0 Å². The highest BCUT2D eigenvalue weighted by molar-refractivity contribution is 6.74. The molecule has 0 spiro atoms. The van der Waals surface area contributed by atoms with Gasteiger partial charge in [-0.2, -0.15) is 0 Å². The third-order valence-electron chi connectivity index (χ3n) is 3.58. The number of hydrogen-bond acceptors (Lipinski definition) is 2. The van der Waals surface area contributed by atoms with Gasteiger partial charge in [-0.15, -0.1) is 0 Å². The molecule has 0 atom stereocenters. The van der Waals surface area contributed by atoms with E-state index in [1.807, 2.05) is 18.2 Å². The molecule has 0 saturated heterocycles. The van der Waals surface area contributed by atoms with E-state index in [-0.39, 0.29) is 5.04 Å². The fourth-order valence-electron chi connectivity index (χ4n) is 1.45. The predicted molar refractivity (Wildman–Crippen MR) is 73.9 cm³/mol. The molecule has 3 nitrogen and oxygen atoms in total. The van der Waals surface area contributed by atoms with Crippen LogP contribution in [0.2, 0.25) is 18.1 Å². The van der Waals surface area contributed by atoms with E-state index in [4.69, 9.17) is 4.43 Å². The van der Waals surface area contributed by atoms with Crippen LogP contribution in [0.4, 0.5) is 0 Å². The average Bonchev–Trinajstić information content (AvgIpc) is 2.64. The Morgan fingerprint density at radius 3 is 2.59 bits per heavy atom. The topological polar surface area (TPSA) is 37.9 Å². The Balaban J connectivity index is 2.39. The smallest absolute Gasteiger partial charge is 0.250 e. The maximum Gasteiger partial charge on any atom is 0.250 e. The highest BCUT2D eigenvalue weighted by Crippen LogP contribution is 2.38. The van der Waals surface area contributed by atoms with Crippen LogP contribution in [0.15, 0.2) is 24.5 Å². The van der Waals surface area contributed by atoms with Gasteiger partial charge < -0.3 is 9.41 Å². The minimum Gasteiger partial charge on any atom is -0.542 e. The Morgan fingerprint density at radius 2 is 1.94 bits per heavy atom. The lowest BCUT2D eigenvalue weighted by Gasteiger charge is -2.36. The van der Waals surface area contributed by atoms with Crippen molar-refractivity contribution < 1.29 is 4.43 Å². The molecule has 0 saturated carbocycles. The third kappa shape index (κ3) is 2.22. The number of aromatic amines is 1. The molecule has 2 rings (SSSR count). The largest absolute Gasteiger partial charge is 0.542 e. The van der Waals surface area contributed by atoms with E-state index in [1.165, 1.54) is 0 Å². The highest BCUT2D eigenvalue weighted by atomic mass is 28.4. The van der Waals surface area contributed by atoms with E-state index in [1.54, 1.807) is 6.33 Å². The number of para-hydroxylation sites is 1. The summed E-state index contributed by atoms with van der Waals surface area (Å²) in [5.74, 6) is 0.898. The summed E-state index contributed by atoms with van der Waals surface area (Å²) in [7, 11) is -1.79. The molecule has 0 amide bonds. The summed E-state index contributed by atoms with van der Waals surface area (Å²) in [6, 6.07) is 6.02. The first-order chi connectivity index (χ1) is 7.81. The predicted octanol–water partition coefficient (Wildman–Crippen LogP) is 3.95. The van der Waals surface area contributed by atoms with Crippen molar-refractivity contribution in [3.05, 3.63) is 24.5 Å². The number of fused-ring (bicyclic) bond motifs is 1. The SMILES string of the molecule is CC(C)(C)[Si](C)(C)Oc1cccc2[nH]cnc12. The zero-order valence-electron chi connectivity index (χ0n) is 11.2. The van der Waals surface area contributed by atoms with Crippen LogP contribution in [0.3, 0.4) is 0 Å². The molecule has 0 unspecified atom stereocenters. The number of H-pyrrole nitrogens is 1. The molecule has 0 bridgehead atoms. The van der Waals surface area contributed by atoms with E-state index in [2.05, 4.69) is 43.8 Å². The Hall–Kier alpha value is -1.29. The highest BCUT2D eigenvalue weighted by Gasteiger charge is 2.39. The van der Waals surface area contributed by atoms with E-state index < -0.39 is 8.32 Å². The Kier molecular flexibility index (Phi) is 2.77. The fraction of sp³-hybridized carbons (Fsp3) is 0.462. The van der Waals surface area contributed by atoms with E-state index in [0.717, 1.165) is 16.8 Å². The van der Waals surface area contributed by atoms with E-state index in [0.29, 0.717) is 0 Å². The van der Waals surface area contributed by atoms with Crippen LogP contribution >= 0.6 is 0 Å². The lowest BCUT2D eigenvalue weighted by Crippen LogP contribution is -2.43. The Morgan fingerprint density at radius 1 is 1.24 bits per heavy atom. The van der Waals surface area contributed by atoms with Gasteiger partial charge in [-0.25, -0.2) is 4.98 Å². The maximum atomic E-state index is 6.29. The number of nitrogens with one attached hydrogen (secondary N) is 1. The molecule has 4 heteroatoms. The molecule has 1 aromatic heterocycles. The summed E-state index contributed by atoms with van der Waals surface area (Å²) in [4.78, 5) is 7.44. The maximum absolute atomic E-state index is 6.29. The average molecular weight is 248 g/mol. The minimum atomic E-state index is -1.79. The van der Waals surface area contributed by atoms with Crippen LogP contribution in [-0.4, -0.2) is 18.3 Å². The first-order valence-electron chi connectivity index (χ1n) is 5.92. The summed E-state index contributed by atoms with van der Waals surface area (Å²) in [6.45, 7) is 11.2. The van der Waals surface area contributed by atoms with Crippen molar-refractivity contribution in [2.45, 2.75) is 38.9 Å². The van der Waals surface area contributed by atoms with Crippen LogP contribution in [0.1, 0.15) is 20.8 Å². The van der Waals surface area contributed by atoms with Gasteiger partial charge in [0.05, 0.1) is 11.8 Å². The van der Waals surface area contributed by atoms with E-state index in [9.17, 15) is 0 Å². The second kappa shape index (κ2) is 3.87. The number of imidazole rings is 1. The molecule has 0 aliphatic heterocycles. The van der Waals surface area contributed by atoms with Gasteiger partial charge in [0, 0.05) is 0 Å². The van der Waals surface area contributed by atoms with Crippen LogP contribution in [0.5, 0.6) is 5.75 Å². The summed E-state index contributed by atoms with van der Waals surface area (Å²) >= 11 is 0. The summed E-state index contributed by atoms with van der Waals surface area (Å²) in [5.41, 5.74) is 1.96. The van der Waals surface area contributed by atoms with Gasteiger partial charge in [-0.1, -0.05) is 26.8 Å². The minimum absolute atomic E-state index is 0.200. The lowest BCUT2D eigenvalue weighted by molar-refractivity contribution is 0.496. The van der Waals surface area contributed by atoms with Crippen molar-refractivity contribution in [2.24, 2.45) is 0 Å². The van der Waals surface area contributed by atoms with Crippen molar-refractivity contribution in [1.82, 2.24) is 9.97 Å². The van der Waals surface area contributed by atoms with Crippen molar-refractivity contribution >= 4 is 19.4 Å². The first-order valence-corrected chi connectivity index (χ1v) is 8.83. The molecule has 17 heavy (non-hydrogen) atoms. The Bertz CT molecular complexity index is 525. The zero-order chi connectivity index (χ0) is 12.7. The van der Waals surface area contributed by atoms with Gasteiger partial charge in [0.1, 0.15) is 11.3 Å². The standard InChI is InChI=1S/C13H20N2OSi/c1-13(2,3)17(4,5)16-11-8-6-7-10-12(11)15-9-14-10/h6-9H,1-5H3,(H,14,15). The normalized spacial score (nSPS) is 13.0. The van der Waals surface area contributed by atoms with Gasteiger partial charge in [0.25, 0.3) is 8.32 Å². The number of hydrogen-bond donors (Lipinski definition) is 1. The molecule has 2 aromatic rings. The molecule has 0 aliphatic carbocycles. The van der Waals surface area contributed by atoms with Crippen molar-refractivity contribution in [3.63, 3.8) is 0 Å². The third-order valence-corrected chi connectivity index (χ3v) is 7.93. The molecule has 1 N–H and O–H groups in total. The summed E-state index contributed by atoms with van der Waals surface area (Å²) < 4.78 is 6.29. The van der Waals surface area contributed by atoms with Crippen molar-refractivity contribution in [1.29, 1.82) is 0 Å². The number of aromatic nitrogens is 2. The second-order valence-electron chi connectivity index (χ2n) is 5.92. The van der Waals surface area contributed by atoms with Gasteiger partial charge in [0.2, 0.25) is 0 Å². The van der Waals surface area contributed by atoms with Crippen molar-refractivity contribution in [2.75, 3.05) is 0 Å². The zero-order valence-corrected chi connectivity index (χ0v) is 12.2. The van der Waals surface area contributed by atoms with E-state index >= 15 is 0 Å². The van der Waals surface area contributed by atoms with Crippen LogP contribution in [0.25, 0.3) is 11.0 Å². The first kappa shape index (κ1) is 12.2. The Labute approximate surface area is 103 Å². The number of rotatable bonds is 2. The molecule has 0 fully saturated rings. The molecular formula is C13H20N2OSi. The van der Waals surface area contributed by atoms with Crippen LogP contribution in [-0.2, 0) is 0 Å². The second-order valence-corrected chi connectivity index (χ2v) is 10.6. The van der Waals surface area contributed by atoms with Crippen molar-refractivity contribution in [3.8, 4) is 5.75 Å². The fourth-order valence-corrected chi connectivity index (χ4v) is 2.47. The number of nitrogens with zero attached hydrogens (tertiary/aromatic N) is 1. The van der Waals surface area contributed by atoms with Gasteiger partial charge in [-0.05, 0) is 30.3 Å². The molecule has 1 aromatic carbocycles. The molecular weight excluding hydrogens is 228 g/mol. The lowest BCUT2D eigenvalue weighted by atomic mass is 10.2.